The summed E-state index contributed by atoms with van der Waals surface area (Å²) >= 11 is 0. The summed E-state index contributed by atoms with van der Waals surface area (Å²) in [6, 6.07) is 9.32. The van der Waals surface area contributed by atoms with Gasteiger partial charge in [0.25, 0.3) is 0 Å². The third kappa shape index (κ3) is 3.36. The standard InChI is InChI=1S/C17H26N2O2S/c1-2-12-18-13-10-16(11-14-18)19(15-8-9-15)22(20,21)17-6-4-3-5-7-17/h3-7,15-16H,2,8-14H2,1H3. The smallest absolute Gasteiger partial charge is 0.243 e. The Balaban J connectivity index is 1.77. The van der Waals surface area contributed by atoms with Gasteiger partial charge < -0.3 is 4.90 Å². The zero-order valence-corrected chi connectivity index (χ0v) is 14.1. The Kier molecular flexibility index (Phi) is 4.85. The summed E-state index contributed by atoms with van der Waals surface area (Å²) < 4.78 is 27.9. The van der Waals surface area contributed by atoms with Crippen LogP contribution in [0.25, 0.3) is 0 Å². The van der Waals surface area contributed by atoms with E-state index in [1.165, 1.54) is 6.42 Å². The van der Waals surface area contributed by atoms with Crippen molar-refractivity contribution >= 4 is 10.0 Å². The Labute approximate surface area is 134 Å². The summed E-state index contributed by atoms with van der Waals surface area (Å²) in [5, 5.41) is 0. The number of nitrogens with zero attached hydrogens (tertiary/aromatic N) is 2. The molecular formula is C17H26N2O2S. The van der Waals surface area contributed by atoms with Gasteiger partial charge in [0.2, 0.25) is 10.0 Å². The van der Waals surface area contributed by atoms with Crippen LogP contribution in [0.1, 0.15) is 39.0 Å². The van der Waals surface area contributed by atoms with Crippen molar-refractivity contribution in [2.45, 2.75) is 56.0 Å². The molecular weight excluding hydrogens is 296 g/mol. The largest absolute Gasteiger partial charge is 0.303 e. The van der Waals surface area contributed by atoms with Crippen molar-refractivity contribution in [1.29, 1.82) is 0 Å². The van der Waals surface area contributed by atoms with E-state index in [1.807, 2.05) is 22.5 Å². The molecule has 1 aromatic rings. The predicted molar refractivity (Wildman–Crippen MR) is 88.2 cm³/mol. The number of likely N-dealkylation sites (tertiary alicyclic amines) is 1. The van der Waals surface area contributed by atoms with Crippen molar-refractivity contribution in [3.05, 3.63) is 30.3 Å². The first-order chi connectivity index (χ1) is 10.6. The molecule has 1 saturated carbocycles. The van der Waals surface area contributed by atoms with Crippen LogP contribution in [0.4, 0.5) is 0 Å². The monoisotopic (exact) mass is 322 g/mol. The van der Waals surface area contributed by atoms with Gasteiger partial charge in [-0.05, 0) is 63.9 Å². The molecule has 0 radical (unpaired) electrons. The zero-order valence-electron chi connectivity index (χ0n) is 13.3. The molecule has 0 unspecified atom stereocenters. The lowest BCUT2D eigenvalue weighted by molar-refractivity contribution is 0.156. The minimum Gasteiger partial charge on any atom is -0.303 e. The number of piperidine rings is 1. The lowest BCUT2D eigenvalue weighted by atomic mass is 10.0. The number of hydrogen-bond acceptors (Lipinski definition) is 3. The molecule has 1 aromatic carbocycles. The Morgan fingerprint density at radius 3 is 2.18 bits per heavy atom. The molecule has 0 spiro atoms. The second-order valence-electron chi connectivity index (χ2n) is 6.45. The minimum absolute atomic E-state index is 0.172. The van der Waals surface area contributed by atoms with Crippen molar-refractivity contribution in [2.75, 3.05) is 19.6 Å². The van der Waals surface area contributed by atoms with Crippen molar-refractivity contribution in [3.63, 3.8) is 0 Å². The molecule has 1 aliphatic heterocycles. The lowest BCUT2D eigenvalue weighted by Gasteiger charge is -2.38. The van der Waals surface area contributed by atoms with Gasteiger partial charge in [-0.15, -0.1) is 0 Å². The first-order valence-corrected chi connectivity index (χ1v) is 9.88. The fraction of sp³-hybridized carbons (Fsp3) is 0.647. The molecule has 1 aliphatic carbocycles. The minimum atomic E-state index is -3.35. The summed E-state index contributed by atoms with van der Waals surface area (Å²) in [4.78, 5) is 2.90. The Morgan fingerprint density at radius 2 is 1.64 bits per heavy atom. The van der Waals surface area contributed by atoms with Gasteiger partial charge in [0.1, 0.15) is 0 Å². The second-order valence-corrected chi connectivity index (χ2v) is 8.30. The van der Waals surface area contributed by atoms with Crippen LogP contribution in [0, 0.1) is 0 Å². The predicted octanol–water partition coefficient (Wildman–Crippen LogP) is 2.71. The molecule has 122 valence electrons. The van der Waals surface area contributed by atoms with Gasteiger partial charge in [0.05, 0.1) is 4.90 Å². The Morgan fingerprint density at radius 1 is 1.05 bits per heavy atom. The van der Waals surface area contributed by atoms with E-state index in [2.05, 4.69) is 11.8 Å². The van der Waals surface area contributed by atoms with E-state index in [1.54, 1.807) is 12.1 Å². The maximum atomic E-state index is 13.0. The first kappa shape index (κ1) is 16.0. The number of rotatable bonds is 6. The summed E-state index contributed by atoms with van der Waals surface area (Å²) in [6.45, 7) is 5.36. The van der Waals surface area contributed by atoms with Gasteiger partial charge in [-0.2, -0.15) is 4.31 Å². The molecule has 2 fully saturated rings. The maximum absolute atomic E-state index is 13.0. The van der Waals surface area contributed by atoms with E-state index in [4.69, 9.17) is 0 Å². The molecule has 3 rings (SSSR count). The first-order valence-electron chi connectivity index (χ1n) is 8.44. The van der Waals surface area contributed by atoms with Gasteiger partial charge in [-0.25, -0.2) is 8.42 Å². The zero-order chi connectivity index (χ0) is 15.6. The van der Waals surface area contributed by atoms with Gasteiger partial charge >= 0.3 is 0 Å². The van der Waals surface area contributed by atoms with Crippen LogP contribution in [0.2, 0.25) is 0 Å². The third-order valence-electron chi connectivity index (χ3n) is 4.68. The fourth-order valence-corrected chi connectivity index (χ4v) is 5.40. The van der Waals surface area contributed by atoms with Crippen LogP contribution in [0.3, 0.4) is 0 Å². The van der Waals surface area contributed by atoms with Crippen molar-refractivity contribution < 1.29 is 8.42 Å². The maximum Gasteiger partial charge on any atom is 0.243 e. The van der Waals surface area contributed by atoms with Crippen LogP contribution in [-0.4, -0.2) is 49.3 Å². The number of sulfonamides is 1. The SMILES string of the molecule is CCCN1CCC(N(C2CC2)S(=O)(=O)c2ccccc2)CC1. The fourth-order valence-electron chi connectivity index (χ4n) is 3.45. The summed E-state index contributed by atoms with van der Waals surface area (Å²) in [7, 11) is -3.35. The second kappa shape index (κ2) is 6.69. The van der Waals surface area contributed by atoms with E-state index in [0.717, 1.165) is 45.3 Å². The van der Waals surface area contributed by atoms with Gasteiger partial charge in [-0.1, -0.05) is 25.1 Å². The molecule has 22 heavy (non-hydrogen) atoms. The van der Waals surface area contributed by atoms with Gasteiger partial charge in [0, 0.05) is 12.1 Å². The van der Waals surface area contributed by atoms with E-state index >= 15 is 0 Å². The highest BCUT2D eigenvalue weighted by Crippen LogP contribution is 2.36. The van der Waals surface area contributed by atoms with Gasteiger partial charge in [-0.3, -0.25) is 0 Å². The van der Waals surface area contributed by atoms with E-state index in [0.29, 0.717) is 4.90 Å². The lowest BCUT2D eigenvalue weighted by Crippen LogP contribution is -2.48. The normalized spacial score (nSPS) is 21.4. The molecule has 0 bridgehead atoms. The number of hydrogen-bond donors (Lipinski definition) is 0. The van der Waals surface area contributed by atoms with Gasteiger partial charge in [0.15, 0.2) is 0 Å². The third-order valence-corrected chi connectivity index (χ3v) is 6.70. The molecule has 4 nitrogen and oxygen atoms in total. The topological polar surface area (TPSA) is 40.6 Å². The average molecular weight is 322 g/mol. The highest BCUT2D eigenvalue weighted by molar-refractivity contribution is 7.89. The Hall–Kier alpha value is -0.910. The molecule has 5 heteroatoms. The molecule has 0 aromatic heterocycles. The summed E-state index contributed by atoms with van der Waals surface area (Å²) in [6.07, 6.45) is 5.12. The van der Waals surface area contributed by atoms with Crippen LogP contribution in [0.15, 0.2) is 35.2 Å². The average Bonchev–Trinajstić information content (AvgIpc) is 3.35. The van der Waals surface area contributed by atoms with E-state index < -0.39 is 10.0 Å². The molecule has 0 amide bonds. The summed E-state index contributed by atoms with van der Waals surface area (Å²) in [5.74, 6) is 0. The van der Waals surface area contributed by atoms with Crippen molar-refractivity contribution in [3.8, 4) is 0 Å². The quantitative estimate of drug-likeness (QED) is 0.808. The van der Waals surface area contributed by atoms with Crippen LogP contribution in [-0.2, 0) is 10.0 Å². The summed E-state index contributed by atoms with van der Waals surface area (Å²) in [5.41, 5.74) is 0. The number of benzene rings is 1. The van der Waals surface area contributed by atoms with E-state index in [-0.39, 0.29) is 12.1 Å². The molecule has 2 aliphatic rings. The van der Waals surface area contributed by atoms with Crippen LogP contribution < -0.4 is 0 Å². The van der Waals surface area contributed by atoms with Crippen molar-refractivity contribution in [2.24, 2.45) is 0 Å². The molecule has 1 heterocycles. The highest BCUT2D eigenvalue weighted by Gasteiger charge is 2.43. The van der Waals surface area contributed by atoms with E-state index in [9.17, 15) is 8.42 Å². The molecule has 1 saturated heterocycles. The molecule has 0 N–H and O–H groups in total. The van der Waals surface area contributed by atoms with Crippen LogP contribution in [0.5, 0.6) is 0 Å². The van der Waals surface area contributed by atoms with Crippen LogP contribution >= 0.6 is 0 Å². The Bertz CT molecular complexity index is 576. The molecule has 0 atom stereocenters. The van der Waals surface area contributed by atoms with Crippen molar-refractivity contribution in [1.82, 2.24) is 9.21 Å². The highest BCUT2D eigenvalue weighted by atomic mass is 32.2.